The summed E-state index contributed by atoms with van der Waals surface area (Å²) >= 11 is 0. The van der Waals surface area contributed by atoms with Crippen molar-refractivity contribution in [1.29, 1.82) is 0 Å². The Kier molecular flexibility index (Phi) is 8.65. The van der Waals surface area contributed by atoms with Crippen LogP contribution < -0.4 is 4.90 Å². The number of benzene rings is 1. The van der Waals surface area contributed by atoms with Gasteiger partial charge in [0.1, 0.15) is 11.5 Å². The van der Waals surface area contributed by atoms with Gasteiger partial charge in [0, 0.05) is 49.2 Å². The summed E-state index contributed by atoms with van der Waals surface area (Å²) in [4.78, 5) is 14.8. The highest BCUT2D eigenvalue weighted by Crippen LogP contribution is 2.40. The van der Waals surface area contributed by atoms with Crippen LogP contribution in [0.1, 0.15) is 59.1 Å². The molecule has 5 nitrogen and oxygen atoms in total. The van der Waals surface area contributed by atoms with E-state index in [0.717, 1.165) is 68.3 Å². The third-order valence-corrected chi connectivity index (χ3v) is 13.7. The highest BCUT2D eigenvalue weighted by atomic mass is 28.4. The van der Waals surface area contributed by atoms with Crippen LogP contribution in [-0.2, 0) is 4.43 Å². The predicted molar refractivity (Wildman–Crippen MR) is 170 cm³/mol. The van der Waals surface area contributed by atoms with E-state index in [1.54, 1.807) is 0 Å². The van der Waals surface area contributed by atoms with E-state index in [9.17, 15) is 0 Å². The molecule has 2 aliphatic rings. The van der Waals surface area contributed by atoms with Gasteiger partial charge in [-0.05, 0) is 67.0 Å². The molecular formula is C34H46N4OSi. The maximum atomic E-state index is 6.86. The van der Waals surface area contributed by atoms with Gasteiger partial charge >= 0.3 is 0 Å². The van der Waals surface area contributed by atoms with Crippen molar-refractivity contribution < 1.29 is 4.43 Å². The fourth-order valence-corrected chi connectivity index (χ4v) is 7.02. The summed E-state index contributed by atoms with van der Waals surface area (Å²) in [6.45, 7) is 19.1. The lowest BCUT2D eigenvalue weighted by Crippen LogP contribution is -2.46. The molecule has 2 unspecified atom stereocenters. The standard InChI is InChI=1S/C34H46N4OSi/c1-7-37-20-22-38(23-21-37)33-30-14-10-8-13-27(30)25-31(36-33)28-18-19-35-29(24-28)17-16-26-12-9-11-15-32(26)39-40(5,6)34(2,3)4/h8,10,13-14,18-19,24-26,32H,7,9,11-12,15,20-23H2,1-6H3. The van der Waals surface area contributed by atoms with Crippen molar-refractivity contribution in [2.45, 2.75) is 77.6 Å². The Morgan fingerprint density at radius 1 is 1.00 bits per heavy atom. The van der Waals surface area contributed by atoms with Gasteiger partial charge in [0.05, 0.1) is 11.8 Å². The summed E-state index contributed by atoms with van der Waals surface area (Å²) < 4.78 is 6.86. The van der Waals surface area contributed by atoms with Crippen LogP contribution in [0.2, 0.25) is 18.1 Å². The minimum absolute atomic E-state index is 0.202. The molecule has 0 bridgehead atoms. The summed E-state index contributed by atoms with van der Waals surface area (Å²) in [6.07, 6.45) is 6.76. The minimum Gasteiger partial charge on any atom is -0.413 e. The monoisotopic (exact) mass is 554 g/mol. The minimum atomic E-state index is -1.84. The number of likely N-dealkylation sites (N-methyl/N-ethyl adjacent to an activating group) is 1. The maximum absolute atomic E-state index is 6.86. The summed E-state index contributed by atoms with van der Waals surface area (Å²) in [7, 11) is -1.84. The van der Waals surface area contributed by atoms with Gasteiger partial charge in [-0.15, -0.1) is 0 Å². The van der Waals surface area contributed by atoms with Crippen molar-refractivity contribution in [3.63, 3.8) is 0 Å². The van der Waals surface area contributed by atoms with E-state index in [2.05, 4.69) is 110 Å². The zero-order chi connectivity index (χ0) is 28.3. The first-order valence-corrected chi connectivity index (χ1v) is 18.1. The molecule has 1 aliphatic carbocycles. The number of piperazine rings is 1. The first-order chi connectivity index (χ1) is 19.1. The van der Waals surface area contributed by atoms with Crippen LogP contribution in [0.4, 0.5) is 5.82 Å². The molecule has 5 rings (SSSR count). The lowest BCUT2D eigenvalue weighted by molar-refractivity contribution is 0.106. The van der Waals surface area contributed by atoms with Crippen molar-refractivity contribution >= 4 is 24.9 Å². The van der Waals surface area contributed by atoms with Gasteiger partial charge in [0.2, 0.25) is 0 Å². The summed E-state index contributed by atoms with van der Waals surface area (Å²) in [5.41, 5.74) is 2.85. The highest BCUT2D eigenvalue weighted by molar-refractivity contribution is 6.74. The number of fused-ring (bicyclic) bond motifs is 1. The number of rotatable bonds is 5. The van der Waals surface area contributed by atoms with Gasteiger partial charge in [0.15, 0.2) is 8.32 Å². The van der Waals surface area contributed by atoms with Crippen molar-refractivity contribution in [3.8, 4) is 23.1 Å². The Balaban J connectivity index is 1.41. The van der Waals surface area contributed by atoms with E-state index >= 15 is 0 Å². The molecule has 40 heavy (non-hydrogen) atoms. The summed E-state index contributed by atoms with van der Waals surface area (Å²) in [5, 5.41) is 2.64. The van der Waals surface area contributed by atoms with Crippen molar-refractivity contribution in [3.05, 3.63) is 54.4 Å². The second kappa shape index (κ2) is 12.0. The molecule has 3 aromatic rings. The topological polar surface area (TPSA) is 41.5 Å². The van der Waals surface area contributed by atoms with Gasteiger partial charge in [-0.3, -0.25) is 0 Å². The van der Waals surface area contributed by atoms with E-state index in [1.165, 1.54) is 23.6 Å². The van der Waals surface area contributed by atoms with Crippen LogP contribution >= 0.6 is 0 Å². The van der Waals surface area contributed by atoms with Crippen LogP contribution in [0, 0.1) is 17.8 Å². The zero-order valence-electron chi connectivity index (χ0n) is 25.3. The van der Waals surface area contributed by atoms with Crippen LogP contribution in [0.15, 0.2) is 48.7 Å². The van der Waals surface area contributed by atoms with Gasteiger partial charge in [-0.2, -0.15) is 0 Å². The Morgan fingerprint density at radius 3 is 2.50 bits per heavy atom. The highest BCUT2D eigenvalue weighted by Gasteiger charge is 2.41. The van der Waals surface area contributed by atoms with Crippen molar-refractivity contribution in [1.82, 2.24) is 14.9 Å². The quantitative estimate of drug-likeness (QED) is 0.243. The molecule has 0 radical (unpaired) electrons. The fourth-order valence-electron chi connectivity index (χ4n) is 5.63. The molecule has 6 heteroatoms. The van der Waals surface area contributed by atoms with E-state index in [1.807, 2.05) is 6.20 Å². The maximum Gasteiger partial charge on any atom is 0.192 e. The third-order valence-electron chi connectivity index (χ3n) is 9.24. The largest absolute Gasteiger partial charge is 0.413 e. The van der Waals surface area contributed by atoms with Crippen LogP contribution in [-0.4, -0.2) is 62.0 Å². The summed E-state index contributed by atoms with van der Waals surface area (Å²) in [6, 6.07) is 15.0. The molecule has 2 atom stereocenters. The number of hydrogen-bond donors (Lipinski definition) is 0. The molecule has 0 N–H and O–H groups in total. The molecular weight excluding hydrogens is 508 g/mol. The fraction of sp³-hybridized carbons (Fsp3) is 0.529. The van der Waals surface area contributed by atoms with Crippen LogP contribution in [0.5, 0.6) is 0 Å². The van der Waals surface area contributed by atoms with Crippen molar-refractivity contribution in [2.75, 3.05) is 37.6 Å². The normalized spacial score (nSPS) is 20.8. The average Bonchev–Trinajstić information content (AvgIpc) is 2.95. The Morgan fingerprint density at radius 2 is 1.75 bits per heavy atom. The number of aromatic nitrogens is 2. The molecule has 212 valence electrons. The molecule has 0 spiro atoms. The van der Waals surface area contributed by atoms with Crippen molar-refractivity contribution in [2.24, 2.45) is 5.92 Å². The van der Waals surface area contributed by atoms with E-state index < -0.39 is 8.32 Å². The average molecular weight is 555 g/mol. The molecule has 0 amide bonds. The van der Waals surface area contributed by atoms with Gasteiger partial charge in [0.25, 0.3) is 0 Å². The molecule has 1 aromatic carbocycles. The number of hydrogen-bond acceptors (Lipinski definition) is 5. The Hall–Kier alpha value is -2.72. The SMILES string of the molecule is CCN1CCN(c2nc(-c3ccnc(C#CC4CCCCC4O[Si](C)(C)C(C)(C)C)c3)cc3ccccc23)CC1. The van der Waals surface area contributed by atoms with Crippen LogP contribution in [0.25, 0.3) is 22.0 Å². The van der Waals surface area contributed by atoms with E-state index in [0.29, 0.717) is 0 Å². The third kappa shape index (κ3) is 6.43. The van der Waals surface area contributed by atoms with Gasteiger partial charge in [-0.1, -0.05) is 70.7 Å². The zero-order valence-corrected chi connectivity index (χ0v) is 26.3. The second-order valence-electron chi connectivity index (χ2n) is 13.0. The predicted octanol–water partition coefficient (Wildman–Crippen LogP) is 7.37. The Labute approximate surface area is 242 Å². The van der Waals surface area contributed by atoms with E-state index in [-0.39, 0.29) is 17.1 Å². The Bertz CT molecular complexity index is 1380. The summed E-state index contributed by atoms with van der Waals surface area (Å²) in [5.74, 6) is 8.38. The smallest absolute Gasteiger partial charge is 0.192 e. The first kappa shape index (κ1) is 28.8. The first-order valence-electron chi connectivity index (χ1n) is 15.2. The van der Waals surface area contributed by atoms with Gasteiger partial charge < -0.3 is 14.2 Å². The number of anilines is 1. The molecule has 2 fully saturated rings. The number of nitrogens with zero attached hydrogens (tertiary/aromatic N) is 4. The molecule has 1 saturated heterocycles. The molecule has 1 aliphatic heterocycles. The number of pyridine rings is 2. The lowest BCUT2D eigenvalue weighted by atomic mass is 9.87. The second-order valence-corrected chi connectivity index (χ2v) is 17.7. The molecule has 2 aromatic heterocycles. The van der Waals surface area contributed by atoms with E-state index in [4.69, 9.17) is 9.41 Å². The molecule has 3 heterocycles. The molecule has 1 saturated carbocycles. The van der Waals surface area contributed by atoms with Crippen LogP contribution in [0.3, 0.4) is 0 Å². The van der Waals surface area contributed by atoms with Gasteiger partial charge in [-0.25, -0.2) is 9.97 Å². The lowest BCUT2D eigenvalue weighted by Gasteiger charge is -2.42.